The van der Waals surface area contributed by atoms with Crippen molar-refractivity contribution < 1.29 is 38.1 Å². The molecule has 3 amide bonds. The van der Waals surface area contributed by atoms with Crippen LogP contribution in [0.4, 0.5) is 16.2 Å². The maximum Gasteiger partial charge on any atom is 0.323 e. The first-order valence-electron chi connectivity index (χ1n) is 12.1. The lowest BCUT2D eigenvalue weighted by atomic mass is 9.73. The molecule has 0 heterocycles. The summed E-state index contributed by atoms with van der Waals surface area (Å²) >= 11 is 0. The number of nitrogens with two attached hydrogens (primary N) is 1. The Balaban J connectivity index is 1.92. The zero-order valence-corrected chi connectivity index (χ0v) is 23.5. The molecule has 11 heteroatoms. The van der Waals surface area contributed by atoms with Crippen LogP contribution < -0.4 is 40.1 Å². The zero-order valence-electron chi connectivity index (χ0n) is 23.5. The molecular weight excluding hydrogens is 518 g/mol. The molecule has 3 rings (SSSR count). The van der Waals surface area contributed by atoms with Crippen LogP contribution in [-0.2, 0) is 10.2 Å². The van der Waals surface area contributed by atoms with E-state index in [9.17, 15) is 14.4 Å². The Bertz CT molecular complexity index is 1400. The Hall–Kier alpha value is -4.93. The summed E-state index contributed by atoms with van der Waals surface area (Å²) in [6.07, 6.45) is 0. The highest BCUT2D eigenvalue weighted by Gasteiger charge is 2.39. The number of amides is 3. The molecule has 3 aromatic carbocycles. The Morgan fingerprint density at radius 2 is 1.20 bits per heavy atom. The maximum absolute atomic E-state index is 12.9. The summed E-state index contributed by atoms with van der Waals surface area (Å²) < 4.78 is 26.7. The van der Waals surface area contributed by atoms with Crippen molar-refractivity contribution in [3.05, 3.63) is 65.2 Å². The second kappa shape index (κ2) is 12.3. The third-order valence-corrected chi connectivity index (χ3v) is 6.58. The standard InChI is InChI=1S/C29H33N3O8/c1-16(33)20-14-22(36-3)23(37-4)15-21(20)29(2,27(30)34)17-8-10-18(11-9-17)31-28(35)32-19-12-24(38-5)26(40-7)25(13-19)39-6/h8-15H,1-7H3,(H2,30,34)(H2,31,32,35). The minimum atomic E-state index is -1.41. The lowest BCUT2D eigenvalue weighted by Gasteiger charge is -2.30. The molecule has 0 aliphatic rings. The molecule has 4 N–H and O–H groups in total. The van der Waals surface area contributed by atoms with E-state index in [-0.39, 0.29) is 11.3 Å². The Kier molecular flexibility index (Phi) is 9.10. The van der Waals surface area contributed by atoms with Gasteiger partial charge in [0.05, 0.1) is 46.7 Å². The summed E-state index contributed by atoms with van der Waals surface area (Å²) in [7, 11) is 7.35. The number of methoxy groups -OCH3 is 5. The van der Waals surface area contributed by atoms with E-state index in [0.29, 0.717) is 51.2 Å². The van der Waals surface area contributed by atoms with Gasteiger partial charge in [-0.2, -0.15) is 0 Å². The fourth-order valence-corrected chi connectivity index (χ4v) is 4.35. The summed E-state index contributed by atoms with van der Waals surface area (Å²) in [5, 5.41) is 5.46. The number of ketones is 1. The van der Waals surface area contributed by atoms with Gasteiger partial charge in [-0.3, -0.25) is 9.59 Å². The molecule has 0 saturated heterocycles. The predicted octanol–water partition coefficient (Wildman–Crippen LogP) is 4.37. The summed E-state index contributed by atoms with van der Waals surface area (Å²) in [4.78, 5) is 38.2. The molecule has 1 atom stereocenters. The highest BCUT2D eigenvalue weighted by atomic mass is 16.5. The SMILES string of the molecule is COc1cc(C(C)=O)c(C(C)(C(N)=O)c2ccc(NC(=O)Nc3cc(OC)c(OC)c(OC)c3)cc2)cc1OC. The number of primary amides is 1. The number of benzene rings is 3. The Morgan fingerprint density at radius 1 is 0.700 bits per heavy atom. The molecule has 11 nitrogen and oxygen atoms in total. The van der Waals surface area contributed by atoms with Gasteiger partial charge in [0, 0.05) is 23.4 Å². The van der Waals surface area contributed by atoms with Gasteiger partial charge in [-0.25, -0.2) is 4.79 Å². The van der Waals surface area contributed by atoms with Gasteiger partial charge in [-0.1, -0.05) is 12.1 Å². The predicted molar refractivity (Wildman–Crippen MR) is 150 cm³/mol. The number of hydrogen-bond donors (Lipinski definition) is 3. The van der Waals surface area contributed by atoms with Gasteiger partial charge in [0.25, 0.3) is 0 Å². The highest BCUT2D eigenvalue weighted by Crippen LogP contribution is 2.41. The van der Waals surface area contributed by atoms with Crippen LogP contribution in [0.2, 0.25) is 0 Å². The highest BCUT2D eigenvalue weighted by molar-refractivity contribution is 6.02. The average Bonchev–Trinajstić information content (AvgIpc) is 2.95. The Morgan fingerprint density at radius 3 is 1.65 bits per heavy atom. The molecule has 40 heavy (non-hydrogen) atoms. The van der Waals surface area contributed by atoms with Crippen molar-refractivity contribution in [2.45, 2.75) is 19.3 Å². The van der Waals surface area contributed by atoms with E-state index in [1.54, 1.807) is 49.4 Å². The maximum atomic E-state index is 12.9. The molecule has 0 bridgehead atoms. The number of Topliss-reactive ketones (excluding diaryl/α,β-unsaturated/α-hetero) is 1. The number of rotatable bonds is 11. The number of hydrogen-bond acceptors (Lipinski definition) is 8. The van der Waals surface area contributed by atoms with Crippen molar-refractivity contribution in [3.8, 4) is 28.7 Å². The van der Waals surface area contributed by atoms with Crippen LogP contribution in [0.1, 0.15) is 35.3 Å². The van der Waals surface area contributed by atoms with Gasteiger partial charge in [-0.15, -0.1) is 0 Å². The number of ether oxygens (including phenoxy) is 5. The van der Waals surface area contributed by atoms with Crippen LogP contribution in [0.5, 0.6) is 28.7 Å². The quantitative estimate of drug-likeness (QED) is 0.298. The van der Waals surface area contributed by atoms with E-state index in [1.165, 1.54) is 48.5 Å². The minimum Gasteiger partial charge on any atom is -0.493 e. The van der Waals surface area contributed by atoms with Gasteiger partial charge in [0.15, 0.2) is 28.8 Å². The summed E-state index contributed by atoms with van der Waals surface area (Å²) in [5.41, 5.74) is 6.50. The van der Waals surface area contributed by atoms with Crippen molar-refractivity contribution in [2.75, 3.05) is 46.2 Å². The van der Waals surface area contributed by atoms with E-state index >= 15 is 0 Å². The average molecular weight is 552 g/mol. The molecule has 3 aromatic rings. The summed E-state index contributed by atoms with van der Waals surface area (Å²) in [6, 6.07) is 12.3. The number of carbonyl (C=O) groups is 3. The number of urea groups is 1. The van der Waals surface area contributed by atoms with E-state index in [1.807, 2.05) is 0 Å². The summed E-state index contributed by atoms with van der Waals surface area (Å²) in [6.45, 7) is 3.02. The first kappa shape index (κ1) is 29.6. The molecule has 0 aliphatic heterocycles. The van der Waals surface area contributed by atoms with Gasteiger partial charge >= 0.3 is 6.03 Å². The fourth-order valence-electron chi connectivity index (χ4n) is 4.35. The largest absolute Gasteiger partial charge is 0.493 e. The molecule has 0 fully saturated rings. The number of anilines is 2. The second-order valence-electron chi connectivity index (χ2n) is 8.87. The number of carbonyl (C=O) groups excluding carboxylic acids is 3. The minimum absolute atomic E-state index is 0.269. The normalized spacial score (nSPS) is 12.0. The lowest BCUT2D eigenvalue weighted by Crippen LogP contribution is -2.40. The van der Waals surface area contributed by atoms with E-state index in [0.717, 1.165) is 0 Å². The molecule has 0 aliphatic carbocycles. The fraction of sp³-hybridized carbons (Fsp3) is 0.276. The molecular formula is C29H33N3O8. The number of nitrogens with one attached hydrogen (secondary N) is 2. The lowest BCUT2D eigenvalue weighted by molar-refractivity contribution is -0.121. The van der Waals surface area contributed by atoms with E-state index in [2.05, 4.69) is 10.6 Å². The van der Waals surface area contributed by atoms with Gasteiger partial charge in [-0.05, 0) is 49.2 Å². The van der Waals surface area contributed by atoms with Crippen molar-refractivity contribution in [1.82, 2.24) is 0 Å². The van der Waals surface area contributed by atoms with Crippen molar-refractivity contribution in [1.29, 1.82) is 0 Å². The third-order valence-electron chi connectivity index (χ3n) is 6.58. The Labute approximate surface area is 232 Å². The van der Waals surface area contributed by atoms with Gasteiger partial charge in [0.1, 0.15) is 0 Å². The molecule has 0 aromatic heterocycles. The molecule has 0 spiro atoms. The van der Waals surface area contributed by atoms with Crippen molar-refractivity contribution >= 4 is 29.1 Å². The first-order chi connectivity index (χ1) is 19.0. The van der Waals surface area contributed by atoms with Crippen molar-refractivity contribution in [2.24, 2.45) is 5.73 Å². The van der Waals surface area contributed by atoms with Gasteiger partial charge in [0.2, 0.25) is 11.7 Å². The topological polar surface area (TPSA) is 147 Å². The van der Waals surface area contributed by atoms with Crippen molar-refractivity contribution in [3.63, 3.8) is 0 Å². The molecule has 0 saturated carbocycles. The molecule has 0 radical (unpaired) electrons. The van der Waals surface area contributed by atoms with Crippen LogP contribution >= 0.6 is 0 Å². The van der Waals surface area contributed by atoms with Crippen LogP contribution in [0.25, 0.3) is 0 Å². The van der Waals surface area contributed by atoms with Crippen LogP contribution in [0.15, 0.2) is 48.5 Å². The van der Waals surface area contributed by atoms with E-state index in [4.69, 9.17) is 29.4 Å². The first-order valence-corrected chi connectivity index (χ1v) is 12.1. The second-order valence-corrected chi connectivity index (χ2v) is 8.87. The third kappa shape index (κ3) is 5.73. The monoisotopic (exact) mass is 551 g/mol. The van der Waals surface area contributed by atoms with Crippen LogP contribution in [0, 0.1) is 0 Å². The van der Waals surface area contributed by atoms with Gasteiger partial charge < -0.3 is 40.1 Å². The molecule has 212 valence electrons. The smallest absolute Gasteiger partial charge is 0.323 e. The van der Waals surface area contributed by atoms with Crippen LogP contribution in [-0.4, -0.2) is 53.3 Å². The zero-order chi connectivity index (χ0) is 29.6. The van der Waals surface area contributed by atoms with E-state index < -0.39 is 17.4 Å². The molecule has 1 unspecified atom stereocenters. The summed E-state index contributed by atoms with van der Waals surface area (Å²) in [5.74, 6) is 0.900. The van der Waals surface area contributed by atoms with Crippen LogP contribution in [0.3, 0.4) is 0 Å².